The van der Waals surface area contributed by atoms with Gasteiger partial charge in [-0.3, -0.25) is 0 Å². The van der Waals surface area contributed by atoms with Gasteiger partial charge in [0.15, 0.2) is 0 Å². The van der Waals surface area contributed by atoms with Crippen molar-refractivity contribution in [1.29, 1.82) is 0 Å². The fourth-order valence-electron chi connectivity index (χ4n) is 3.52. The molecule has 0 saturated heterocycles. The van der Waals surface area contributed by atoms with E-state index in [2.05, 4.69) is 0 Å². The molecule has 0 radical (unpaired) electrons. The topological polar surface area (TPSA) is 35.1 Å². The van der Waals surface area contributed by atoms with Crippen molar-refractivity contribution < 1.29 is 4.42 Å². The van der Waals surface area contributed by atoms with E-state index in [9.17, 15) is 4.79 Å². The number of aromatic nitrogens is 1. The van der Waals surface area contributed by atoms with Crippen molar-refractivity contribution in [2.75, 3.05) is 0 Å². The van der Waals surface area contributed by atoms with E-state index in [0.717, 1.165) is 27.7 Å². The van der Waals surface area contributed by atoms with Crippen LogP contribution in [0.5, 0.6) is 0 Å². The van der Waals surface area contributed by atoms with E-state index in [1.807, 2.05) is 89.6 Å². The largest absolute Gasteiger partial charge is 0.422 e. The summed E-state index contributed by atoms with van der Waals surface area (Å²) >= 11 is 6.06. The number of para-hydroxylation sites is 1. The molecule has 5 aromatic rings. The average molecular weight is 372 g/mol. The van der Waals surface area contributed by atoms with Crippen molar-refractivity contribution in [3.05, 3.63) is 101 Å². The normalized spacial score (nSPS) is 11.3. The molecule has 0 spiro atoms. The Morgan fingerprint density at radius 3 is 2.30 bits per heavy atom. The Labute approximate surface area is 160 Å². The van der Waals surface area contributed by atoms with E-state index in [1.54, 1.807) is 0 Å². The van der Waals surface area contributed by atoms with Gasteiger partial charge >= 0.3 is 5.63 Å². The van der Waals surface area contributed by atoms with E-state index in [0.29, 0.717) is 16.0 Å². The van der Waals surface area contributed by atoms with E-state index in [1.165, 1.54) is 0 Å². The van der Waals surface area contributed by atoms with Crippen molar-refractivity contribution in [1.82, 2.24) is 4.57 Å². The number of hydrogen-bond acceptors (Lipinski definition) is 2. The SMILES string of the molecule is O=c1oc2ccccc2c2c1c(-c1ccccc1)cn2-c1ccc(Cl)cc1. The lowest BCUT2D eigenvalue weighted by molar-refractivity contribution is 0.570. The summed E-state index contributed by atoms with van der Waals surface area (Å²) in [6, 6.07) is 25.1. The molecule has 0 N–H and O–H groups in total. The van der Waals surface area contributed by atoms with Crippen molar-refractivity contribution in [2.24, 2.45) is 0 Å². The van der Waals surface area contributed by atoms with Crippen LogP contribution in [0.1, 0.15) is 0 Å². The molecule has 0 aliphatic rings. The Balaban J connectivity index is 1.97. The molecule has 0 amide bonds. The Bertz CT molecular complexity index is 1330. The van der Waals surface area contributed by atoms with Gasteiger partial charge in [0.1, 0.15) is 5.58 Å². The first-order chi connectivity index (χ1) is 13.2. The van der Waals surface area contributed by atoms with Gasteiger partial charge in [-0.1, -0.05) is 54.1 Å². The summed E-state index contributed by atoms with van der Waals surface area (Å²) in [4.78, 5) is 12.9. The maximum absolute atomic E-state index is 12.9. The van der Waals surface area contributed by atoms with Gasteiger partial charge in [-0.2, -0.15) is 0 Å². The smallest absolute Gasteiger partial charge is 0.346 e. The highest BCUT2D eigenvalue weighted by atomic mass is 35.5. The standard InChI is InChI=1S/C23H14ClNO2/c24-16-10-12-17(13-11-16)25-14-19(15-6-2-1-3-7-15)21-22(25)18-8-4-5-9-20(18)27-23(21)26/h1-14H. The molecule has 0 fully saturated rings. The minimum atomic E-state index is -0.338. The van der Waals surface area contributed by atoms with Crippen LogP contribution in [0.25, 0.3) is 38.7 Å². The Morgan fingerprint density at radius 1 is 0.815 bits per heavy atom. The Kier molecular flexibility index (Phi) is 3.62. The van der Waals surface area contributed by atoms with Crippen LogP contribution in [-0.2, 0) is 0 Å². The summed E-state index contributed by atoms with van der Waals surface area (Å²) in [5.74, 6) is 0. The second-order valence-electron chi connectivity index (χ2n) is 6.36. The highest BCUT2D eigenvalue weighted by Crippen LogP contribution is 2.34. The molecule has 2 aromatic heterocycles. The van der Waals surface area contributed by atoms with Gasteiger partial charge in [0.2, 0.25) is 0 Å². The number of rotatable bonds is 2. The maximum Gasteiger partial charge on any atom is 0.346 e. The van der Waals surface area contributed by atoms with E-state index >= 15 is 0 Å². The molecule has 0 aliphatic carbocycles. The maximum atomic E-state index is 12.9. The Hall–Kier alpha value is -3.30. The van der Waals surface area contributed by atoms with Crippen molar-refractivity contribution >= 4 is 33.5 Å². The van der Waals surface area contributed by atoms with E-state index in [4.69, 9.17) is 16.0 Å². The van der Waals surface area contributed by atoms with Gasteiger partial charge in [-0.15, -0.1) is 0 Å². The average Bonchev–Trinajstić information content (AvgIpc) is 3.11. The highest BCUT2D eigenvalue weighted by Gasteiger charge is 2.19. The third-order valence-corrected chi connectivity index (χ3v) is 5.00. The minimum Gasteiger partial charge on any atom is -0.422 e. The van der Waals surface area contributed by atoms with Gasteiger partial charge < -0.3 is 8.98 Å². The van der Waals surface area contributed by atoms with Crippen LogP contribution in [0.15, 0.2) is 94.3 Å². The van der Waals surface area contributed by atoms with Crippen LogP contribution in [-0.4, -0.2) is 4.57 Å². The molecular formula is C23H14ClNO2. The fraction of sp³-hybridized carbons (Fsp3) is 0. The first-order valence-electron chi connectivity index (χ1n) is 8.60. The summed E-state index contributed by atoms with van der Waals surface area (Å²) < 4.78 is 7.65. The molecule has 5 rings (SSSR count). The third kappa shape index (κ3) is 2.56. The van der Waals surface area contributed by atoms with Gasteiger partial charge in [0, 0.05) is 27.9 Å². The van der Waals surface area contributed by atoms with Gasteiger partial charge in [-0.05, 0) is 42.0 Å². The van der Waals surface area contributed by atoms with Crippen molar-refractivity contribution in [3.63, 3.8) is 0 Å². The molecule has 0 unspecified atom stereocenters. The summed E-state index contributed by atoms with van der Waals surface area (Å²) in [6.07, 6.45) is 1.99. The quantitative estimate of drug-likeness (QED) is 0.354. The zero-order valence-electron chi connectivity index (χ0n) is 14.2. The predicted octanol–water partition coefficient (Wildman–Crippen LogP) is 6.06. The van der Waals surface area contributed by atoms with Gasteiger partial charge in [0.25, 0.3) is 0 Å². The lowest BCUT2D eigenvalue weighted by atomic mass is 10.1. The number of nitrogens with zero attached hydrogens (tertiary/aromatic N) is 1. The lowest BCUT2D eigenvalue weighted by Crippen LogP contribution is -2.01. The summed E-state index contributed by atoms with van der Waals surface area (Å²) in [7, 11) is 0. The lowest BCUT2D eigenvalue weighted by Gasteiger charge is -2.07. The van der Waals surface area contributed by atoms with Gasteiger partial charge in [-0.25, -0.2) is 4.79 Å². The number of benzene rings is 3. The molecule has 2 heterocycles. The molecule has 27 heavy (non-hydrogen) atoms. The molecular weight excluding hydrogens is 358 g/mol. The van der Waals surface area contributed by atoms with Gasteiger partial charge in [0.05, 0.1) is 10.9 Å². The molecule has 0 atom stereocenters. The van der Waals surface area contributed by atoms with Crippen LogP contribution in [0.4, 0.5) is 0 Å². The van der Waals surface area contributed by atoms with E-state index in [-0.39, 0.29) is 5.63 Å². The van der Waals surface area contributed by atoms with Crippen molar-refractivity contribution in [2.45, 2.75) is 0 Å². The van der Waals surface area contributed by atoms with E-state index < -0.39 is 0 Å². The van der Waals surface area contributed by atoms with Crippen molar-refractivity contribution in [3.8, 4) is 16.8 Å². The zero-order valence-corrected chi connectivity index (χ0v) is 15.0. The molecule has 130 valence electrons. The molecule has 0 bridgehead atoms. The second kappa shape index (κ2) is 6.15. The van der Waals surface area contributed by atoms with Crippen LogP contribution >= 0.6 is 11.6 Å². The van der Waals surface area contributed by atoms with Crippen LogP contribution in [0.3, 0.4) is 0 Å². The third-order valence-electron chi connectivity index (χ3n) is 4.74. The highest BCUT2D eigenvalue weighted by molar-refractivity contribution is 6.30. The molecule has 3 nitrogen and oxygen atoms in total. The van der Waals surface area contributed by atoms with Crippen LogP contribution in [0.2, 0.25) is 5.02 Å². The first-order valence-corrected chi connectivity index (χ1v) is 8.98. The predicted molar refractivity (Wildman–Crippen MR) is 110 cm³/mol. The second-order valence-corrected chi connectivity index (χ2v) is 6.80. The molecule has 3 aromatic carbocycles. The zero-order chi connectivity index (χ0) is 18.4. The summed E-state index contributed by atoms with van der Waals surface area (Å²) in [6.45, 7) is 0. The number of halogens is 1. The summed E-state index contributed by atoms with van der Waals surface area (Å²) in [5.41, 5.74) is 3.82. The molecule has 0 aliphatic heterocycles. The van der Waals surface area contributed by atoms with Crippen LogP contribution in [0, 0.1) is 0 Å². The number of fused-ring (bicyclic) bond motifs is 3. The first kappa shape index (κ1) is 15.9. The summed E-state index contributed by atoms with van der Waals surface area (Å²) in [5, 5.41) is 2.14. The monoisotopic (exact) mass is 371 g/mol. The molecule has 0 saturated carbocycles. The molecule has 4 heteroatoms. The number of hydrogen-bond donors (Lipinski definition) is 0. The fourth-order valence-corrected chi connectivity index (χ4v) is 3.65. The minimum absolute atomic E-state index is 0.338. The Morgan fingerprint density at radius 2 is 1.52 bits per heavy atom. The van der Waals surface area contributed by atoms with Crippen LogP contribution < -0.4 is 5.63 Å².